The highest BCUT2D eigenvalue weighted by Gasteiger charge is 2.22. The second kappa shape index (κ2) is 6.49. The molecule has 0 bridgehead atoms. The molecular formula is C13H15N3O4S. The van der Waals surface area contributed by atoms with E-state index in [0.717, 1.165) is 4.88 Å². The number of hydrogen-bond donors (Lipinski definition) is 1. The van der Waals surface area contributed by atoms with E-state index in [1.165, 1.54) is 30.2 Å². The summed E-state index contributed by atoms with van der Waals surface area (Å²) in [5.74, 6) is -0.452. The van der Waals surface area contributed by atoms with Crippen LogP contribution in [0, 0.1) is 0 Å². The van der Waals surface area contributed by atoms with Gasteiger partial charge in [-0.25, -0.2) is 4.79 Å². The molecule has 1 amide bonds. The molecule has 1 N–H and O–H groups in total. The van der Waals surface area contributed by atoms with Crippen molar-refractivity contribution in [1.82, 2.24) is 15.0 Å². The molecule has 0 aliphatic heterocycles. The summed E-state index contributed by atoms with van der Waals surface area (Å²) in [4.78, 5) is 29.0. The summed E-state index contributed by atoms with van der Waals surface area (Å²) in [6, 6.07) is 2.91. The van der Waals surface area contributed by atoms with Crippen LogP contribution in [0.5, 0.6) is 0 Å². The maximum absolute atomic E-state index is 11.9. The van der Waals surface area contributed by atoms with Gasteiger partial charge in [0.05, 0.1) is 4.88 Å². The molecule has 2 aromatic rings. The van der Waals surface area contributed by atoms with E-state index in [9.17, 15) is 9.59 Å². The highest BCUT2D eigenvalue weighted by Crippen LogP contribution is 2.21. The van der Waals surface area contributed by atoms with Gasteiger partial charge in [0.1, 0.15) is 6.04 Å². The topological polar surface area (TPSA) is 96.5 Å². The molecular weight excluding hydrogens is 294 g/mol. The Balaban J connectivity index is 1.91. The maximum Gasteiger partial charge on any atom is 0.326 e. The van der Waals surface area contributed by atoms with Crippen LogP contribution in [0.4, 0.5) is 0 Å². The van der Waals surface area contributed by atoms with Gasteiger partial charge in [-0.3, -0.25) is 4.79 Å². The molecule has 112 valence electrons. The number of aryl methyl sites for hydroxylation is 1. The molecule has 0 saturated carbocycles. The van der Waals surface area contributed by atoms with Crippen molar-refractivity contribution in [3.8, 4) is 10.7 Å². The number of aliphatic carboxylic acids is 1. The van der Waals surface area contributed by atoms with Crippen molar-refractivity contribution < 1.29 is 19.2 Å². The van der Waals surface area contributed by atoms with Crippen molar-refractivity contribution in [1.29, 1.82) is 0 Å². The van der Waals surface area contributed by atoms with Gasteiger partial charge in [0.2, 0.25) is 17.6 Å². The average Bonchev–Trinajstić information content (AvgIpc) is 3.13. The van der Waals surface area contributed by atoms with E-state index in [4.69, 9.17) is 9.63 Å². The predicted octanol–water partition coefficient (Wildman–Crippen LogP) is 1.66. The molecule has 7 nitrogen and oxygen atoms in total. The van der Waals surface area contributed by atoms with Crippen molar-refractivity contribution in [3.63, 3.8) is 0 Å². The first kappa shape index (κ1) is 15.2. The number of rotatable bonds is 6. The fourth-order valence-electron chi connectivity index (χ4n) is 1.63. The minimum absolute atomic E-state index is 0.125. The minimum Gasteiger partial charge on any atom is -0.480 e. The molecule has 2 heterocycles. The van der Waals surface area contributed by atoms with Crippen LogP contribution in [-0.2, 0) is 16.0 Å². The molecule has 0 radical (unpaired) electrons. The van der Waals surface area contributed by atoms with Crippen LogP contribution in [0.3, 0.4) is 0 Å². The molecule has 0 aliphatic carbocycles. The van der Waals surface area contributed by atoms with Crippen molar-refractivity contribution in [3.05, 3.63) is 23.4 Å². The lowest BCUT2D eigenvalue weighted by Gasteiger charge is -2.20. The van der Waals surface area contributed by atoms with Crippen molar-refractivity contribution in [2.24, 2.45) is 0 Å². The van der Waals surface area contributed by atoms with E-state index in [1.54, 1.807) is 0 Å². The molecule has 2 rings (SSSR count). The van der Waals surface area contributed by atoms with Gasteiger partial charge < -0.3 is 14.5 Å². The van der Waals surface area contributed by atoms with Gasteiger partial charge in [-0.2, -0.15) is 4.98 Å². The van der Waals surface area contributed by atoms with Crippen LogP contribution < -0.4 is 0 Å². The molecule has 1 unspecified atom stereocenters. The number of hydrogen-bond acceptors (Lipinski definition) is 6. The second-order valence-corrected chi connectivity index (χ2v) is 5.46. The SMILES string of the molecule is CC(C(=O)O)N(C)C(=O)CCc1nc(-c2cccs2)no1. The monoisotopic (exact) mass is 309 g/mol. The van der Waals surface area contributed by atoms with E-state index in [1.807, 2.05) is 17.5 Å². The highest BCUT2D eigenvalue weighted by molar-refractivity contribution is 7.13. The van der Waals surface area contributed by atoms with Gasteiger partial charge in [0, 0.05) is 19.9 Å². The molecule has 1 atom stereocenters. The third-order valence-corrected chi connectivity index (χ3v) is 3.96. The zero-order valence-electron chi connectivity index (χ0n) is 11.6. The number of amides is 1. The normalized spacial score (nSPS) is 12.1. The Morgan fingerprint density at radius 3 is 2.90 bits per heavy atom. The number of carbonyl (C=O) groups excluding carboxylic acids is 1. The number of carbonyl (C=O) groups is 2. The molecule has 21 heavy (non-hydrogen) atoms. The van der Waals surface area contributed by atoms with Crippen LogP contribution in [0.25, 0.3) is 10.7 Å². The van der Waals surface area contributed by atoms with Crippen LogP contribution in [-0.4, -0.2) is 45.1 Å². The molecule has 0 saturated heterocycles. The number of nitrogens with zero attached hydrogens (tertiary/aromatic N) is 3. The van der Waals surface area contributed by atoms with Crippen molar-refractivity contribution >= 4 is 23.2 Å². The van der Waals surface area contributed by atoms with E-state index in [-0.39, 0.29) is 18.7 Å². The first-order chi connectivity index (χ1) is 9.99. The lowest BCUT2D eigenvalue weighted by atomic mass is 10.2. The standard InChI is InChI=1S/C13H15N3O4S/c1-8(13(18)19)16(2)11(17)6-5-10-14-12(15-20-10)9-4-3-7-21-9/h3-4,7-8H,5-6H2,1-2H3,(H,18,19). The summed E-state index contributed by atoms with van der Waals surface area (Å²) in [6.07, 6.45) is 0.411. The van der Waals surface area contributed by atoms with E-state index < -0.39 is 12.0 Å². The summed E-state index contributed by atoms with van der Waals surface area (Å²) in [5, 5.41) is 14.6. The maximum atomic E-state index is 11.9. The largest absolute Gasteiger partial charge is 0.480 e. The molecule has 0 aliphatic rings. The number of likely N-dealkylation sites (N-methyl/N-ethyl adjacent to an activating group) is 1. The van der Waals surface area contributed by atoms with E-state index in [0.29, 0.717) is 11.7 Å². The van der Waals surface area contributed by atoms with Crippen molar-refractivity contribution in [2.75, 3.05) is 7.05 Å². The highest BCUT2D eigenvalue weighted by atomic mass is 32.1. The first-order valence-corrected chi connectivity index (χ1v) is 7.22. The number of carboxylic acid groups (broad SMARTS) is 1. The Morgan fingerprint density at radius 1 is 1.52 bits per heavy atom. The zero-order chi connectivity index (χ0) is 15.4. The van der Waals surface area contributed by atoms with Crippen LogP contribution in [0.2, 0.25) is 0 Å². The Kier molecular flexibility index (Phi) is 4.69. The molecule has 2 aromatic heterocycles. The van der Waals surface area contributed by atoms with Gasteiger partial charge in [-0.1, -0.05) is 11.2 Å². The Morgan fingerprint density at radius 2 is 2.29 bits per heavy atom. The van der Waals surface area contributed by atoms with E-state index in [2.05, 4.69) is 10.1 Å². The first-order valence-electron chi connectivity index (χ1n) is 6.34. The second-order valence-electron chi connectivity index (χ2n) is 4.51. The molecule has 0 fully saturated rings. The molecule has 0 aromatic carbocycles. The van der Waals surface area contributed by atoms with E-state index >= 15 is 0 Å². The van der Waals surface area contributed by atoms with Gasteiger partial charge >= 0.3 is 5.97 Å². The fourth-order valence-corrected chi connectivity index (χ4v) is 2.28. The number of aromatic nitrogens is 2. The average molecular weight is 309 g/mol. The predicted molar refractivity (Wildman–Crippen MR) is 75.8 cm³/mol. The third kappa shape index (κ3) is 3.66. The molecule has 0 spiro atoms. The summed E-state index contributed by atoms with van der Waals surface area (Å²) in [5.41, 5.74) is 0. The lowest BCUT2D eigenvalue weighted by Crippen LogP contribution is -2.40. The minimum atomic E-state index is -1.04. The number of thiophene rings is 1. The smallest absolute Gasteiger partial charge is 0.326 e. The summed E-state index contributed by atoms with van der Waals surface area (Å²) in [7, 11) is 1.46. The zero-order valence-corrected chi connectivity index (χ0v) is 12.5. The van der Waals surface area contributed by atoms with Crippen molar-refractivity contribution in [2.45, 2.75) is 25.8 Å². The van der Waals surface area contributed by atoms with Gasteiger partial charge in [0.25, 0.3) is 0 Å². The summed E-state index contributed by atoms with van der Waals surface area (Å²) >= 11 is 1.50. The Hall–Kier alpha value is -2.22. The van der Waals surface area contributed by atoms with Crippen LogP contribution in [0.15, 0.2) is 22.0 Å². The summed E-state index contributed by atoms with van der Waals surface area (Å²) in [6.45, 7) is 1.46. The quantitative estimate of drug-likeness (QED) is 0.871. The third-order valence-electron chi connectivity index (χ3n) is 3.09. The van der Waals surface area contributed by atoms with Gasteiger partial charge in [0.15, 0.2) is 0 Å². The summed E-state index contributed by atoms with van der Waals surface area (Å²) < 4.78 is 5.09. The number of carboxylic acids is 1. The Bertz CT molecular complexity index is 623. The lowest BCUT2D eigenvalue weighted by molar-refractivity contribution is -0.148. The molecule has 8 heteroatoms. The Labute approximate surface area is 125 Å². The van der Waals surface area contributed by atoms with Crippen LogP contribution in [0.1, 0.15) is 19.2 Å². The fraction of sp³-hybridized carbons (Fsp3) is 0.385. The van der Waals surface area contributed by atoms with Gasteiger partial charge in [-0.15, -0.1) is 11.3 Å². The van der Waals surface area contributed by atoms with Crippen LogP contribution >= 0.6 is 11.3 Å². The van der Waals surface area contributed by atoms with Gasteiger partial charge in [-0.05, 0) is 18.4 Å².